The molecule has 0 aliphatic carbocycles. The number of carbonyl (C=O) groups excluding carboxylic acids is 1. The molecule has 3 aromatic heterocycles. The number of anilines is 1. The van der Waals surface area contributed by atoms with Crippen molar-refractivity contribution >= 4 is 28.3 Å². The molecular formula is C27H24N4O4. The molecule has 0 saturated heterocycles. The minimum Gasteiger partial charge on any atom is -0.493 e. The lowest BCUT2D eigenvalue weighted by atomic mass is 10.2. The summed E-state index contributed by atoms with van der Waals surface area (Å²) in [4.78, 5) is 31.6. The number of hydrogen-bond donors (Lipinski definition) is 1. The predicted molar refractivity (Wildman–Crippen MR) is 135 cm³/mol. The molecule has 5 rings (SSSR count). The number of carbonyl (C=O) groups is 1. The maximum atomic E-state index is 13.5. The van der Waals surface area contributed by atoms with Crippen molar-refractivity contribution in [1.29, 1.82) is 0 Å². The third kappa shape index (κ3) is 4.10. The SMILES string of the molecule is COc1ccc(NC(=O)c2cc3c(=O)n4cc(C)ccc4nc3n2Cc2ccccc2)cc1OC. The largest absolute Gasteiger partial charge is 0.493 e. The Bertz CT molecular complexity index is 1620. The minimum atomic E-state index is -0.365. The zero-order valence-electron chi connectivity index (χ0n) is 19.6. The maximum absolute atomic E-state index is 13.5. The van der Waals surface area contributed by atoms with Crippen LogP contribution in [0.1, 0.15) is 21.6 Å². The molecule has 0 aliphatic heterocycles. The van der Waals surface area contributed by atoms with E-state index in [9.17, 15) is 9.59 Å². The number of fused-ring (bicyclic) bond motifs is 2. The highest BCUT2D eigenvalue weighted by Crippen LogP contribution is 2.30. The highest BCUT2D eigenvalue weighted by molar-refractivity contribution is 6.06. The van der Waals surface area contributed by atoms with Crippen LogP contribution in [-0.4, -0.2) is 34.1 Å². The van der Waals surface area contributed by atoms with Gasteiger partial charge in [-0.25, -0.2) is 4.98 Å². The minimum absolute atomic E-state index is 0.222. The Hall–Kier alpha value is -4.59. The first-order valence-electron chi connectivity index (χ1n) is 11.1. The van der Waals surface area contributed by atoms with Crippen LogP contribution in [0.15, 0.2) is 77.7 Å². The molecule has 3 heterocycles. The van der Waals surface area contributed by atoms with Crippen LogP contribution in [0.25, 0.3) is 16.7 Å². The van der Waals surface area contributed by atoms with Gasteiger partial charge in [0.2, 0.25) is 0 Å². The number of hydrogen-bond acceptors (Lipinski definition) is 5. The molecule has 0 radical (unpaired) electrons. The second-order valence-electron chi connectivity index (χ2n) is 8.21. The van der Waals surface area contributed by atoms with Gasteiger partial charge in [0, 0.05) is 24.5 Å². The van der Waals surface area contributed by atoms with Gasteiger partial charge in [0.15, 0.2) is 11.5 Å². The highest BCUT2D eigenvalue weighted by Gasteiger charge is 2.21. The summed E-state index contributed by atoms with van der Waals surface area (Å²) in [6.07, 6.45) is 1.75. The third-order valence-corrected chi connectivity index (χ3v) is 5.87. The smallest absolute Gasteiger partial charge is 0.272 e. The summed E-state index contributed by atoms with van der Waals surface area (Å²) in [5.41, 5.74) is 3.55. The van der Waals surface area contributed by atoms with Crippen molar-refractivity contribution < 1.29 is 14.3 Å². The lowest BCUT2D eigenvalue weighted by Gasteiger charge is -2.13. The summed E-state index contributed by atoms with van der Waals surface area (Å²) in [6.45, 7) is 2.30. The molecule has 8 heteroatoms. The molecule has 8 nitrogen and oxygen atoms in total. The first-order chi connectivity index (χ1) is 17.0. The number of benzene rings is 2. The first kappa shape index (κ1) is 22.2. The fraction of sp³-hybridized carbons (Fsp3) is 0.148. The molecule has 1 amide bonds. The average molecular weight is 469 g/mol. The molecule has 0 unspecified atom stereocenters. The van der Waals surface area contributed by atoms with Crippen molar-refractivity contribution in [3.05, 3.63) is 100 Å². The summed E-state index contributed by atoms with van der Waals surface area (Å²) < 4.78 is 13.9. The Kier molecular flexibility index (Phi) is 5.70. The van der Waals surface area contributed by atoms with E-state index in [1.54, 1.807) is 48.2 Å². The quantitative estimate of drug-likeness (QED) is 0.402. The first-order valence-corrected chi connectivity index (χ1v) is 11.1. The molecule has 0 spiro atoms. The summed E-state index contributed by atoms with van der Waals surface area (Å²) in [6, 6.07) is 20.2. The second kappa shape index (κ2) is 8.98. The average Bonchev–Trinajstić information content (AvgIpc) is 3.23. The van der Waals surface area contributed by atoms with Gasteiger partial charge in [-0.2, -0.15) is 0 Å². The van der Waals surface area contributed by atoms with Gasteiger partial charge in [-0.15, -0.1) is 0 Å². The Morgan fingerprint density at radius 1 is 0.971 bits per heavy atom. The number of pyridine rings is 1. The number of aryl methyl sites for hydroxylation is 1. The van der Waals surface area contributed by atoms with E-state index in [1.807, 2.05) is 43.3 Å². The number of nitrogens with zero attached hydrogens (tertiary/aromatic N) is 3. The van der Waals surface area contributed by atoms with E-state index < -0.39 is 0 Å². The number of aromatic nitrogens is 3. The number of methoxy groups -OCH3 is 2. The fourth-order valence-electron chi connectivity index (χ4n) is 4.13. The Morgan fingerprint density at radius 3 is 2.49 bits per heavy atom. The van der Waals surface area contributed by atoms with Gasteiger partial charge >= 0.3 is 0 Å². The maximum Gasteiger partial charge on any atom is 0.272 e. The van der Waals surface area contributed by atoms with E-state index in [0.29, 0.717) is 46.1 Å². The third-order valence-electron chi connectivity index (χ3n) is 5.87. The molecular weight excluding hydrogens is 444 g/mol. The number of nitrogens with one attached hydrogen (secondary N) is 1. The van der Waals surface area contributed by atoms with Gasteiger partial charge in [0.1, 0.15) is 17.0 Å². The van der Waals surface area contributed by atoms with Gasteiger partial charge in [-0.1, -0.05) is 36.4 Å². The van der Waals surface area contributed by atoms with E-state index >= 15 is 0 Å². The van der Waals surface area contributed by atoms with Crippen LogP contribution < -0.4 is 20.3 Å². The second-order valence-corrected chi connectivity index (χ2v) is 8.21. The van der Waals surface area contributed by atoms with Crippen molar-refractivity contribution in [3.63, 3.8) is 0 Å². The molecule has 2 aromatic carbocycles. The van der Waals surface area contributed by atoms with Crippen molar-refractivity contribution in [1.82, 2.24) is 14.0 Å². The van der Waals surface area contributed by atoms with E-state index in [1.165, 1.54) is 11.5 Å². The Labute approximate surface area is 201 Å². The Morgan fingerprint density at radius 2 is 1.74 bits per heavy atom. The number of amides is 1. The molecule has 0 bridgehead atoms. The zero-order valence-corrected chi connectivity index (χ0v) is 19.6. The van der Waals surface area contributed by atoms with Crippen molar-refractivity contribution in [2.45, 2.75) is 13.5 Å². The van der Waals surface area contributed by atoms with E-state index in [0.717, 1.165) is 11.1 Å². The summed E-state index contributed by atoms with van der Waals surface area (Å²) in [5.74, 6) is 0.690. The van der Waals surface area contributed by atoms with Crippen LogP contribution in [0.3, 0.4) is 0 Å². The molecule has 176 valence electrons. The normalized spacial score (nSPS) is 11.1. The van der Waals surface area contributed by atoms with Crippen LogP contribution in [0, 0.1) is 6.92 Å². The van der Waals surface area contributed by atoms with E-state index in [-0.39, 0.29) is 11.5 Å². The van der Waals surface area contributed by atoms with E-state index in [2.05, 4.69) is 5.32 Å². The Balaban J connectivity index is 1.65. The van der Waals surface area contributed by atoms with Gasteiger partial charge in [-0.3, -0.25) is 14.0 Å². The van der Waals surface area contributed by atoms with Crippen LogP contribution in [-0.2, 0) is 6.54 Å². The fourth-order valence-corrected chi connectivity index (χ4v) is 4.13. The van der Waals surface area contributed by atoms with Crippen LogP contribution in [0.5, 0.6) is 11.5 Å². The number of ether oxygens (including phenoxy) is 2. The van der Waals surface area contributed by atoms with Crippen LogP contribution in [0.4, 0.5) is 5.69 Å². The van der Waals surface area contributed by atoms with Crippen molar-refractivity contribution in [2.24, 2.45) is 0 Å². The molecule has 1 N–H and O–H groups in total. The van der Waals surface area contributed by atoms with Crippen LogP contribution >= 0.6 is 0 Å². The van der Waals surface area contributed by atoms with Gasteiger partial charge in [-0.05, 0) is 42.3 Å². The van der Waals surface area contributed by atoms with Gasteiger partial charge < -0.3 is 19.4 Å². The molecule has 0 saturated carbocycles. The van der Waals surface area contributed by atoms with Crippen LogP contribution in [0.2, 0.25) is 0 Å². The lowest BCUT2D eigenvalue weighted by Crippen LogP contribution is -2.18. The molecule has 0 aliphatic rings. The molecule has 35 heavy (non-hydrogen) atoms. The van der Waals surface area contributed by atoms with Gasteiger partial charge in [0.05, 0.1) is 19.6 Å². The monoisotopic (exact) mass is 468 g/mol. The van der Waals surface area contributed by atoms with Gasteiger partial charge in [0.25, 0.3) is 11.5 Å². The molecule has 0 atom stereocenters. The summed E-state index contributed by atoms with van der Waals surface area (Å²) in [7, 11) is 3.09. The summed E-state index contributed by atoms with van der Waals surface area (Å²) >= 11 is 0. The lowest BCUT2D eigenvalue weighted by molar-refractivity contribution is 0.101. The highest BCUT2D eigenvalue weighted by atomic mass is 16.5. The number of rotatable bonds is 6. The van der Waals surface area contributed by atoms with Crippen molar-refractivity contribution in [3.8, 4) is 11.5 Å². The zero-order chi connectivity index (χ0) is 24.5. The summed E-state index contributed by atoms with van der Waals surface area (Å²) in [5, 5.41) is 3.29. The molecule has 5 aromatic rings. The topological polar surface area (TPSA) is 86.9 Å². The van der Waals surface area contributed by atoms with Crippen molar-refractivity contribution in [2.75, 3.05) is 19.5 Å². The molecule has 0 fully saturated rings. The standard InChI is InChI=1S/C27H24N4O4/c1-17-9-12-24-29-25-20(27(33)31(24)15-17)14-21(30(25)16-18-7-5-4-6-8-18)26(32)28-19-10-11-22(34-2)23(13-19)35-3/h4-15H,16H2,1-3H3,(H,28,32). The van der Waals surface area contributed by atoms with E-state index in [4.69, 9.17) is 14.5 Å². The predicted octanol–water partition coefficient (Wildman–Crippen LogP) is 4.28.